The van der Waals surface area contributed by atoms with Gasteiger partial charge in [0.15, 0.2) is 5.13 Å². The molecule has 0 atom stereocenters. The van der Waals surface area contributed by atoms with Crippen molar-refractivity contribution in [3.05, 3.63) is 91.0 Å². The lowest BCUT2D eigenvalue weighted by Crippen LogP contribution is -2.19. The molecule has 17 heteroatoms. The Bertz CT molecular complexity index is 1400. The Hall–Kier alpha value is -5.45. The number of esters is 1. The summed E-state index contributed by atoms with van der Waals surface area (Å²) in [6, 6.07) is 10.6. The molecule has 1 N–H and O–H groups in total. The lowest BCUT2D eigenvalue weighted by molar-refractivity contribution is -0.385. The monoisotopic (exact) mass is 559 g/mol. The molecule has 3 aromatic rings. The number of nitro benzene ring substituents is 2. The molecule has 0 bridgehead atoms. The number of amides is 1. The summed E-state index contributed by atoms with van der Waals surface area (Å²) in [6.07, 6.45) is -2.17. The van der Waals surface area contributed by atoms with E-state index in [4.69, 9.17) is 9.47 Å². The second-order valence-electron chi connectivity index (χ2n) is 7.15. The predicted octanol–water partition coefficient (Wildman–Crippen LogP) is 3.94. The van der Waals surface area contributed by atoms with Crippen molar-refractivity contribution in [2.45, 2.75) is 13.2 Å². The van der Waals surface area contributed by atoms with Crippen LogP contribution in [0.5, 0.6) is 0 Å². The maximum Gasteiger partial charge on any atom is 0.535 e. The van der Waals surface area contributed by atoms with Crippen molar-refractivity contribution in [3.8, 4) is 0 Å². The number of thiazole rings is 1. The molecule has 1 heterocycles. The number of hydrogen-bond acceptors (Lipinski definition) is 14. The number of non-ortho nitro benzene ring substituents is 2. The molecule has 0 aliphatic rings. The van der Waals surface area contributed by atoms with Crippen LogP contribution in [0.4, 0.5) is 26.1 Å². The molecule has 0 unspecified atom stereocenters. The van der Waals surface area contributed by atoms with Crippen LogP contribution in [-0.2, 0) is 37.1 Å². The summed E-state index contributed by atoms with van der Waals surface area (Å²) in [5, 5.41) is 28.5. The number of carbonyl (C=O) groups excluding carboxylic acids is 3. The average molecular weight is 559 g/mol. The van der Waals surface area contributed by atoms with E-state index in [1.807, 2.05) is 0 Å². The minimum absolute atomic E-state index is 0.0102. The molecular weight excluding hydrogens is 542 g/mol. The van der Waals surface area contributed by atoms with Gasteiger partial charge in [-0.3, -0.25) is 30.4 Å². The molecule has 3 rings (SSSR count). The van der Waals surface area contributed by atoms with E-state index in [-0.39, 0.29) is 35.4 Å². The Labute approximate surface area is 222 Å². The zero-order valence-electron chi connectivity index (χ0n) is 19.8. The van der Waals surface area contributed by atoms with Gasteiger partial charge in [0.2, 0.25) is 5.71 Å². The number of hydrogen-bond donors (Lipinski definition) is 1. The molecular formula is C22H17N5O11S. The topological polar surface area (TPSA) is 212 Å². The third-order valence-electron chi connectivity index (χ3n) is 4.57. The Morgan fingerprint density at radius 2 is 1.46 bits per heavy atom. The van der Waals surface area contributed by atoms with Gasteiger partial charge < -0.3 is 14.2 Å². The SMILES string of the molecule is COC(=O)C(=NOC(=O)OCc1ccc([N+](=O)[O-])cc1)c1csc(NC(=O)OCc2ccc([N+](=O)[O-])cc2)n1. The number of nitrogens with one attached hydrogen (secondary N) is 1. The number of nitro groups is 2. The number of carbonyl (C=O) groups is 3. The van der Waals surface area contributed by atoms with Crippen molar-refractivity contribution in [2.75, 3.05) is 12.4 Å². The molecule has 16 nitrogen and oxygen atoms in total. The molecule has 0 aliphatic carbocycles. The van der Waals surface area contributed by atoms with Crippen LogP contribution >= 0.6 is 11.3 Å². The summed E-state index contributed by atoms with van der Waals surface area (Å²) >= 11 is 0.900. The highest BCUT2D eigenvalue weighted by atomic mass is 32.1. The maximum atomic E-state index is 12.1. The van der Waals surface area contributed by atoms with Gasteiger partial charge in [-0.25, -0.2) is 19.4 Å². The zero-order chi connectivity index (χ0) is 28.4. The molecule has 202 valence electrons. The van der Waals surface area contributed by atoms with E-state index in [0.29, 0.717) is 11.1 Å². The van der Waals surface area contributed by atoms with Gasteiger partial charge in [0, 0.05) is 29.6 Å². The van der Waals surface area contributed by atoms with E-state index in [2.05, 4.69) is 25.0 Å². The fourth-order valence-corrected chi connectivity index (χ4v) is 3.36. The normalized spacial score (nSPS) is 10.7. The maximum absolute atomic E-state index is 12.1. The van der Waals surface area contributed by atoms with Gasteiger partial charge in [-0.1, -0.05) is 5.16 Å². The first kappa shape index (κ1) is 28.1. The molecule has 1 amide bonds. The van der Waals surface area contributed by atoms with E-state index in [1.54, 1.807) is 0 Å². The first-order valence-corrected chi connectivity index (χ1v) is 11.4. The number of aromatic nitrogens is 1. The Balaban J connectivity index is 1.55. The highest BCUT2D eigenvalue weighted by Crippen LogP contribution is 2.18. The smallest absolute Gasteiger partial charge is 0.464 e. The number of rotatable bonds is 10. The minimum atomic E-state index is -1.28. The Morgan fingerprint density at radius 3 is 1.97 bits per heavy atom. The Kier molecular flexibility index (Phi) is 9.52. The number of ether oxygens (including phenoxy) is 3. The highest BCUT2D eigenvalue weighted by molar-refractivity contribution is 7.14. The second-order valence-corrected chi connectivity index (χ2v) is 8.01. The fraction of sp³-hybridized carbons (Fsp3) is 0.136. The van der Waals surface area contributed by atoms with Crippen molar-refractivity contribution in [2.24, 2.45) is 5.16 Å². The molecule has 0 aliphatic heterocycles. The third kappa shape index (κ3) is 8.29. The number of benzene rings is 2. The Morgan fingerprint density at radius 1 is 0.923 bits per heavy atom. The molecule has 0 saturated heterocycles. The van der Waals surface area contributed by atoms with Gasteiger partial charge in [-0.15, -0.1) is 11.3 Å². The lowest BCUT2D eigenvalue weighted by atomic mass is 10.2. The second kappa shape index (κ2) is 13.2. The lowest BCUT2D eigenvalue weighted by Gasteiger charge is -2.05. The van der Waals surface area contributed by atoms with Crippen molar-refractivity contribution in [3.63, 3.8) is 0 Å². The van der Waals surface area contributed by atoms with Crippen LogP contribution in [0.2, 0.25) is 0 Å². The van der Waals surface area contributed by atoms with Crippen LogP contribution in [0.25, 0.3) is 0 Å². The van der Waals surface area contributed by atoms with Gasteiger partial charge in [0.25, 0.3) is 11.4 Å². The van der Waals surface area contributed by atoms with Crippen LogP contribution in [0.3, 0.4) is 0 Å². The zero-order valence-corrected chi connectivity index (χ0v) is 20.6. The summed E-state index contributed by atoms with van der Waals surface area (Å²) < 4.78 is 14.5. The van der Waals surface area contributed by atoms with Crippen LogP contribution in [0.15, 0.2) is 59.1 Å². The largest absolute Gasteiger partial charge is 0.535 e. The summed E-state index contributed by atoms with van der Waals surface area (Å²) in [6.45, 7) is -0.459. The number of methoxy groups -OCH3 is 1. The first-order valence-electron chi connectivity index (χ1n) is 10.5. The average Bonchev–Trinajstić information content (AvgIpc) is 3.38. The molecule has 1 aromatic heterocycles. The summed E-state index contributed by atoms with van der Waals surface area (Å²) in [5.74, 6) is -1.00. The minimum Gasteiger partial charge on any atom is -0.464 e. The van der Waals surface area contributed by atoms with Crippen molar-refractivity contribution in [1.29, 1.82) is 0 Å². The molecule has 0 spiro atoms. The van der Waals surface area contributed by atoms with Crippen LogP contribution in [-0.4, -0.2) is 45.9 Å². The van der Waals surface area contributed by atoms with Crippen LogP contribution < -0.4 is 5.32 Å². The van der Waals surface area contributed by atoms with Gasteiger partial charge in [-0.05, 0) is 35.4 Å². The standard InChI is InChI=1S/C22H17N5O11S/c1-35-19(28)18(25-38-22(30)37-11-14-4-8-16(9-5-14)27(33)34)17-12-39-20(23-17)24-21(29)36-10-13-2-6-15(7-3-13)26(31)32/h2-9,12H,10-11H2,1H3,(H,23,24,29). The number of nitrogens with zero attached hydrogens (tertiary/aromatic N) is 4. The third-order valence-corrected chi connectivity index (χ3v) is 5.32. The van der Waals surface area contributed by atoms with Gasteiger partial charge in [-0.2, -0.15) is 0 Å². The number of oxime groups is 1. The molecule has 2 aromatic carbocycles. The van der Waals surface area contributed by atoms with Crippen molar-refractivity contribution < 1.29 is 43.3 Å². The quantitative estimate of drug-likeness (QED) is 0.0934. The molecule has 0 fully saturated rings. The van der Waals surface area contributed by atoms with E-state index in [9.17, 15) is 34.6 Å². The van der Waals surface area contributed by atoms with E-state index in [1.165, 1.54) is 53.9 Å². The summed E-state index contributed by atoms with van der Waals surface area (Å²) in [5.41, 5.74) is 0.0968. The van der Waals surface area contributed by atoms with Gasteiger partial charge in [0.1, 0.15) is 18.9 Å². The van der Waals surface area contributed by atoms with Gasteiger partial charge >= 0.3 is 18.2 Å². The highest BCUT2D eigenvalue weighted by Gasteiger charge is 2.21. The van der Waals surface area contributed by atoms with E-state index in [0.717, 1.165) is 18.4 Å². The number of anilines is 1. The molecule has 0 radical (unpaired) electrons. The first-order chi connectivity index (χ1) is 18.7. The fourth-order valence-electron chi connectivity index (χ4n) is 2.68. The van der Waals surface area contributed by atoms with E-state index >= 15 is 0 Å². The van der Waals surface area contributed by atoms with Crippen molar-refractivity contribution >= 4 is 51.8 Å². The molecule has 0 saturated carbocycles. The van der Waals surface area contributed by atoms with Crippen molar-refractivity contribution in [1.82, 2.24) is 4.98 Å². The summed E-state index contributed by atoms with van der Waals surface area (Å²) in [7, 11) is 1.06. The van der Waals surface area contributed by atoms with E-state index < -0.39 is 33.8 Å². The van der Waals surface area contributed by atoms with Gasteiger partial charge in [0.05, 0.1) is 17.0 Å². The summed E-state index contributed by atoms with van der Waals surface area (Å²) in [4.78, 5) is 64.9. The predicted molar refractivity (Wildman–Crippen MR) is 132 cm³/mol. The van der Waals surface area contributed by atoms with Crippen LogP contribution in [0, 0.1) is 20.2 Å². The molecule has 39 heavy (non-hydrogen) atoms. The van der Waals surface area contributed by atoms with Crippen LogP contribution in [0.1, 0.15) is 16.8 Å².